The average molecular weight is 399 g/mol. The maximum absolute atomic E-state index is 11.4. The summed E-state index contributed by atoms with van der Waals surface area (Å²) in [6.07, 6.45) is 21.1. The van der Waals surface area contributed by atoms with Gasteiger partial charge in [-0.15, -0.1) is 0 Å². The molecule has 1 aliphatic heterocycles. The van der Waals surface area contributed by atoms with E-state index >= 15 is 0 Å². The van der Waals surface area contributed by atoms with Gasteiger partial charge in [0.05, 0.1) is 19.8 Å². The number of allylic oxidation sites excluding steroid dienone is 4. The number of ether oxygens (including phenoxy) is 2. The van der Waals surface area contributed by atoms with E-state index in [0.717, 1.165) is 45.3 Å². The molecule has 0 saturated carbocycles. The van der Waals surface area contributed by atoms with Gasteiger partial charge in [-0.05, 0) is 38.5 Å². The molecule has 0 aromatic rings. The first-order valence-corrected chi connectivity index (χ1v) is 11.0. The van der Waals surface area contributed by atoms with Crippen molar-refractivity contribution in [1.82, 2.24) is 0 Å². The molecule has 0 bridgehead atoms. The summed E-state index contributed by atoms with van der Waals surface area (Å²) in [4.78, 5) is 11.4. The minimum atomic E-state index is -0.964. The molecular formula is C23H42O5. The van der Waals surface area contributed by atoms with Crippen molar-refractivity contribution in [3.05, 3.63) is 24.3 Å². The summed E-state index contributed by atoms with van der Waals surface area (Å²) in [7, 11) is 0. The van der Waals surface area contributed by atoms with E-state index in [0.29, 0.717) is 6.42 Å². The fourth-order valence-electron chi connectivity index (χ4n) is 2.39. The Hall–Kier alpha value is -1.17. The van der Waals surface area contributed by atoms with Crippen LogP contribution in [0.3, 0.4) is 0 Å². The Bertz CT molecular complexity index is 388. The smallest absolute Gasteiger partial charge is 0.305 e. The lowest BCUT2D eigenvalue weighted by atomic mass is 10.1. The summed E-state index contributed by atoms with van der Waals surface area (Å²) >= 11 is 0. The van der Waals surface area contributed by atoms with Gasteiger partial charge in [0.1, 0.15) is 12.7 Å². The highest BCUT2D eigenvalue weighted by molar-refractivity contribution is 5.69. The van der Waals surface area contributed by atoms with Gasteiger partial charge < -0.3 is 19.7 Å². The highest BCUT2D eigenvalue weighted by Gasteiger charge is 2.07. The van der Waals surface area contributed by atoms with E-state index < -0.39 is 6.10 Å². The van der Waals surface area contributed by atoms with Crippen LogP contribution in [-0.4, -0.2) is 48.7 Å². The molecule has 2 N–H and O–H groups in total. The molecule has 28 heavy (non-hydrogen) atoms. The van der Waals surface area contributed by atoms with Crippen LogP contribution < -0.4 is 0 Å². The molecule has 1 heterocycles. The zero-order valence-electron chi connectivity index (χ0n) is 17.8. The van der Waals surface area contributed by atoms with Crippen LogP contribution in [0.4, 0.5) is 0 Å². The van der Waals surface area contributed by atoms with E-state index in [4.69, 9.17) is 14.9 Å². The van der Waals surface area contributed by atoms with Gasteiger partial charge in [-0.25, -0.2) is 0 Å². The number of esters is 1. The number of rotatable bonds is 17. The molecule has 0 aliphatic carbocycles. The molecule has 0 amide bonds. The molecule has 164 valence electrons. The second-order valence-electron chi connectivity index (χ2n) is 7.11. The molecule has 1 fully saturated rings. The molecule has 1 atom stereocenters. The van der Waals surface area contributed by atoms with Gasteiger partial charge in [-0.2, -0.15) is 0 Å². The van der Waals surface area contributed by atoms with Gasteiger partial charge in [-0.1, -0.05) is 63.3 Å². The molecule has 0 spiro atoms. The van der Waals surface area contributed by atoms with Gasteiger partial charge in [0, 0.05) is 6.42 Å². The number of aliphatic hydroxyl groups is 2. The van der Waals surface area contributed by atoms with Gasteiger partial charge in [0.15, 0.2) is 0 Å². The number of aliphatic hydroxyl groups excluding tert-OH is 2. The highest BCUT2D eigenvalue weighted by Crippen LogP contribution is 2.08. The van der Waals surface area contributed by atoms with E-state index in [9.17, 15) is 4.79 Å². The van der Waals surface area contributed by atoms with Gasteiger partial charge in [0.25, 0.3) is 0 Å². The molecule has 0 aromatic heterocycles. The second-order valence-corrected chi connectivity index (χ2v) is 7.11. The Balaban J connectivity index is 0.00000219. The lowest BCUT2D eigenvalue weighted by molar-refractivity contribution is -0.147. The van der Waals surface area contributed by atoms with Crippen LogP contribution in [0.15, 0.2) is 24.3 Å². The molecule has 0 radical (unpaired) electrons. The van der Waals surface area contributed by atoms with Crippen LogP contribution in [0.25, 0.3) is 0 Å². The Morgan fingerprint density at radius 3 is 2.11 bits per heavy atom. The van der Waals surface area contributed by atoms with Crippen molar-refractivity contribution in [3.63, 3.8) is 0 Å². The van der Waals surface area contributed by atoms with Gasteiger partial charge in [0.2, 0.25) is 0 Å². The quantitative estimate of drug-likeness (QED) is 0.160. The van der Waals surface area contributed by atoms with Crippen molar-refractivity contribution in [2.24, 2.45) is 0 Å². The third kappa shape index (κ3) is 24.8. The number of carbonyl (C=O) groups excluding carboxylic acids is 1. The molecule has 0 aromatic carbocycles. The van der Waals surface area contributed by atoms with Gasteiger partial charge >= 0.3 is 5.97 Å². The van der Waals surface area contributed by atoms with Crippen molar-refractivity contribution in [2.45, 2.75) is 90.1 Å². The van der Waals surface area contributed by atoms with Crippen molar-refractivity contribution in [1.29, 1.82) is 0 Å². The minimum absolute atomic E-state index is 0.115. The van der Waals surface area contributed by atoms with Crippen LogP contribution in [0.5, 0.6) is 0 Å². The Morgan fingerprint density at radius 1 is 0.964 bits per heavy atom. The summed E-state index contributed by atoms with van der Waals surface area (Å²) in [5, 5.41) is 17.7. The molecule has 5 heteroatoms. The third-order valence-corrected chi connectivity index (χ3v) is 4.18. The van der Waals surface area contributed by atoms with Crippen molar-refractivity contribution < 1.29 is 24.5 Å². The first-order valence-electron chi connectivity index (χ1n) is 11.0. The maximum atomic E-state index is 11.4. The van der Waals surface area contributed by atoms with E-state index in [1.807, 2.05) is 0 Å². The maximum Gasteiger partial charge on any atom is 0.305 e. The molecule has 1 aliphatic rings. The number of epoxide rings is 1. The monoisotopic (exact) mass is 398 g/mol. The summed E-state index contributed by atoms with van der Waals surface area (Å²) in [6, 6.07) is 0. The highest BCUT2D eigenvalue weighted by atomic mass is 16.6. The number of carbonyl (C=O) groups is 1. The van der Waals surface area contributed by atoms with E-state index in [-0.39, 0.29) is 19.2 Å². The number of unbranched alkanes of at least 4 members (excludes halogenated alkanes) is 8. The molecule has 1 unspecified atom stereocenters. The van der Waals surface area contributed by atoms with E-state index in [2.05, 4.69) is 36.0 Å². The SMILES string of the molecule is C1CO1.CCCCC/C=C\C/C=C\CCCCCCCC(=O)OCC(O)CO. The van der Waals surface area contributed by atoms with Crippen molar-refractivity contribution in [3.8, 4) is 0 Å². The van der Waals surface area contributed by atoms with Crippen LogP contribution in [0.1, 0.15) is 84.0 Å². The first-order chi connectivity index (χ1) is 13.7. The Morgan fingerprint density at radius 2 is 1.54 bits per heavy atom. The lowest BCUT2D eigenvalue weighted by Gasteiger charge is -2.08. The molecule has 1 saturated heterocycles. The van der Waals surface area contributed by atoms with Gasteiger partial charge in [-0.3, -0.25) is 4.79 Å². The lowest BCUT2D eigenvalue weighted by Crippen LogP contribution is -2.21. The second kappa shape index (κ2) is 22.1. The standard InChI is InChI=1S/C21H38O4.C2H4O/c1-2-3-4-5-6-7-8-9-10-11-12-13-14-15-16-17-21(24)25-19-20(23)18-22;1-2-3-1/h6-7,9-10,20,22-23H,2-5,8,11-19H2,1H3;1-2H2/b7-6-,10-9-;. The Labute approximate surface area is 171 Å². The fourth-order valence-corrected chi connectivity index (χ4v) is 2.39. The topological polar surface area (TPSA) is 79.3 Å². The van der Waals surface area contributed by atoms with Crippen LogP contribution in [0, 0.1) is 0 Å². The molecule has 5 nitrogen and oxygen atoms in total. The van der Waals surface area contributed by atoms with Crippen molar-refractivity contribution >= 4 is 5.97 Å². The number of hydrogen-bond acceptors (Lipinski definition) is 5. The van der Waals surface area contributed by atoms with E-state index in [1.54, 1.807) is 0 Å². The predicted molar refractivity (Wildman–Crippen MR) is 114 cm³/mol. The zero-order chi connectivity index (χ0) is 20.7. The van der Waals surface area contributed by atoms with E-state index in [1.165, 1.54) is 38.5 Å². The summed E-state index contributed by atoms with van der Waals surface area (Å²) < 4.78 is 9.35. The predicted octanol–water partition coefficient (Wildman–Crippen LogP) is 4.71. The third-order valence-electron chi connectivity index (χ3n) is 4.18. The van der Waals surface area contributed by atoms with Crippen LogP contribution >= 0.6 is 0 Å². The largest absolute Gasteiger partial charge is 0.463 e. The molecular weight excluding hydrogens is 356 g/mol. The van der Waals surface area contributed by atoms with Crippen LogP contribution in [0.2, 0.25) is 0 Å². The average Bonchev–Trinajstić information content (AvgIpc) is 3.58. The summed E-state index contributed by atoms with van der Waals surface area (Å²) in [5.74, 6) is -0.293. The van der Waals surface area contributed by atoms with Crippen LogP contribution in [-0.2, 0) is 14.3 Å². The summed E-state index contributed by atoms with van der Waals surface area (Å²) in [6.45, 7) is 3.74. The van der Waals surface area contributed by atoms with Crippen molar-refractivity contribution in [2.75, 3.05) is 26.4 Å². The summed E-state index contributed by atoms with van der Waals surface area (Å²) in [5.41, 5.74) is 0. The Kier molecular flexibility index (Phi) is 21.2. The number of hydrogen-bond donors (Lipinski definition) is 2. The zero-order valence-corrected chi connectivity index (χ0v) is 17.8. The normalized spacial score (nSPS) is 14.1. The first kappa shape index (κ1) is 26.8. The minimum Gasteiger partial charge on any atom is -0.463 e. The fraction of sp³-hybridized carbons (Fsp3) is 0.783. The molecule has 1 rings (SSSR count).